The number of rotatable bonds is 5. The number of amides is 2. The van der Waals surface area contributed by atoms with Gasteiger partial charge in [-0.3, -0.25) is 0 Å². The molecule has 8 heteroatoms. The number of piperidine rings is 1. The summed E-state index contributed by atoms with van der Waals surface area (Å²) in [5, 5.41) is 14.6. The molecule has 0 aromatic heterocycles. The van der Waals surface area contributed by atoms with Crippen molar-refractivity contribution in [2.75, 3.05) is 26.7 Å². The van der Waals surface area contributed by atoms with E-state index >= 15 is 0 Å². The third-order valence-electron chi connectivity index (χ3n) is 4.12. The minimum atomic E-state index is -3.33. The molecule has 0 saturated carbocycles. The topological polar surface area (TPSA) is 81.8 Å². The molecule has 1 atom stereocenters. The molecule has 6 nitrogen and oxygen atoms in total. The molecule has 0 bridgehead atoms. The van der Waals surface area contributed by atoms with Gasteiger partial charge in [0.2, 0.25) is 0 Å². The predicted octanol–water partition coefficient (Wildman–Crippen LogP) is 1.67. The monoisotopic (exact) mass is 328 g/mol. The Bertz CT molecular complexity index is 556. The third kappa shape index (κ3) is 4.08. The molecule has 0 radical (unpaired) electrons. The van der Waals surface area contributed by atoms with Crippen molar-refractivity contribution in [2.24, 2.45) is 11.7 Å². The molecule has 128 valence electrons. The number of halogens is 2. The average molecular weight is 328 g/mol. The van der Waals surface area contributed by atoms with Crippen molar-refractivity contribution >= 4 is 6.03 Å². The van der Waals surface area contributed by atoms with E-state index in [1.54, 1.807) is 5.01 Å². The number of alkyl halides is 2. The molecule has 1 heterocycles. The van der Waals surface area contributed by atoms with Gasteiger partial charge in [-0.25, -0.2) is 9.80 Å². The van der Waals surface area contributed by atoms with Crippen LogP contribution < -0.4 is 11.1 Å². The molecule has 0 aliphatic carbocycles. The lowest BCUT2D eigenvalue weighted by Gasteiger charge is -2.42. The second-order valence-corrected chi connectivity index (χ2v) is 5.75. The summed E-state index contributed by atoms with van der Waals surface area (Å²) in [5.41, 5.74) is 4.61. The average Bonchev–Trinajstić information content (AvgIpc) is 2.52. The van der Waals surface area contributed by atoms with Crippen LogP contribution in [0.3, 0.4) is 0 Å². The van der Waals surface area contributed by atoms with Crippen LogP contribution in [0, 0.1) is 5.92 Å². The summed E-state index contributed by atoms with van der Waals surface area (Å²) < 4.78 is 29.3. The first kappa shape index (κ1) is 17.4. The van der Waals surface area contributed by atoms with Gasteiger partial charge in [0.1, 0.15) is 5.75 Å². The van der Waals surface area contributed by atoms with Crippen molar-refractivity contribution in [3.8, 4) is 5.75 Å². The molecule has 1 saturated heterocycles. The number of nitrogens with one attached hydrogen (secondary N) is 1. The van der Waals surface area contributed by atoms with Gasteiger partial charge in [-0.05, 0) is 30.9 Å². The molecule has 1 fully saturated rings. The highest BCUT2D eigenvalue weighted by atomic mass is 19.3. The quantitative estimate of drug-likeness (QED) is 0.718. The summed E-state index contributed by atoms with van der Waals surface area (Å²) >= 11 is 0. The van der Waals surface area contributed by atoms with Crippen LogP contribution in [0.4, 0.5) is 13.6 Å². The molecule has 1 unspecified atom stereocenters. The van der Waals surface area contributed by atoms with Crippen LogP contribution in [0.5, 0.6) is 5.75 Å². The molecule has 1 aliphatic heterocycles. The molecule has 1 aromatic carbocycles. The Balaban J connectivity index is 2.07. The third-order valence-corrected chi connectivity index (χ3v) is 4.12. The van der Waals surface area contributed by atoms with E-state index in [0.29, 0.717) is 19.6 Å². The van der Waals surface area contributed by atoms with E-state index in [1.807, 2.05) is 0 Å². The van der Waals surface area contributed by atoms with Gasteiger partial charge in [-0.15, -0.1) is 0 Å². The first-order chi connectivity index (χ1) is 10.8. The van der Waals surface area contributed by atoms with Crippen molar-refractivity contribution in [3.63, 3.8) is 0 Å². The highest BCUT2D eigenvalue weighted by molar-refractivity contribution is 5.71. The highest BCUT2D eigenvalue weighted by Gasteiger charge is 2.43. The minimum Gasteiger partial charge on any atom is -0.507 e. The molecular weight excluding hydrogens is 306 g/mol. The number of primary amides is 1. The van der Waals surface area contributed by atoms with Crippen LogP contribution >= 0.6 is 0 Å². The Kier molecular flexibility index (Phi) is 5.38. The van der Waals surface area contributed by atoms with Crippen molar-refractivity contribution in [2.45, 2.75) is 18.9 Å². The fourth-order valence-corrected chi connectivity index (χ4v) is 2.81. The summed E-state index contributed by atoms with van der Waals surface area (Å²) in [6, 6.07) is 1.47. The number of aromatic hydroxyl groups is 1. The molecule has 2 rings (SSSR count). The Hall–Kier alpha value is -1.93. The van der Waals surface area contributed by atoms with E-state index in [0.717, 1.165) is 17.9 Å². The molecule has 23 heavy (non-hydrogen) atoms. The first-order valence-electron chi connectivity index (χ1n) is 7.50. The summed E-state index contributed by atoms with van der Waals surface area (Å²) in [6.45, 7) is 1.24. The fourth-order valence-electron chi connectivity index (χ4n) is 2.81. The highest BCUT2D eigenvalue weighted by Crippen LogP contribution is 2.38. The van der Waals surface area contributed by atoms with Crippen LogP contribution in [-0.4, -0.2) is 47.8 Å². The SMILES string of the molecule is CN(N1CCCC(CNC(N)=O)C1)C(F)(F)c1ccccc1O. The number of hydrogen-bond acceptors (Lipinski definition) is 4. The van der Waals surface area contributed by atoms with Gasteiger partial charge >= 0.3 is 12.1 Å². The van der Waals surface area contributed by atoms with Crippen LogP contribution in [0.15, 0.2) is 24.3 Å². The Morgan fingerprint density at radius 1 is 1.52 bits per heavy atom. The summed E-state index contributed by atoms with van der Waals surface area (Å²) in [6.07, 6.45) is 1.58. The van der Waals surface area contributed by atoms with Crippen LogP contribution in [0.2, 0.25) is 0 Å². The Labute approximate surface area is 133 Å². The van der Waals surface area contributed by atoms with Crippen molar-refractivity contribution < 1.29 is 18.7 Å². The van der Waals surface area contributed by atoms with E-state index in [-0.39, 0.29) is 5.92 Å². The van der Waals surface area contributed by atoms with E-state index in [2.05, 4.69) is 5.32 Å². The number of benzene rings is 1. The lowest BCUT2D eigenvalue weighted by Crippen LogP contribution is -2.53. The number of carbonyl (C=O) groups excluding carboxylic acids is 1. The second-order valence-electron chi connectivity index (χ2n) is 5.75. The lowest BCUT2D eigenvalue weighted by molar-refractivity contribution is -0.244. The molecule has 0 spiro atoms. The van der Waals surface area contributed by atoms with Crippen molar-refractivity contribution in [1.29, 1.82) is 0 Å². The van der Waals surface area contributed by atoms with Gasteiger partial charge in [0.15, 0.2) is 0 Å². The number of phenolic OH excluding ortho intramolecular Hbond substituents is 1. The number of nitrogens with zero attached hydrogens (tertiary/aromatic N) is 2. The van der Waals surface area contributed by atoms with E-state index < -0.39 is 23.4 Å². The zero-order valence-corrected chi connectivity index (χ0v) is 13.0. The molecule has 1 aliphatic rings. The Morgan fingerprint density at radius 3 is 2.87 bits per heavy atom. The van der Waals surface area contributed by atoms with Gasteiger partial charge in [-0.2, -0.15) is 13.8 Å². The summed E-state index contributed by atoms with van der Waals surface area (Å²) in [7, 11) is 1.30. The van der Waals surface area contributed by atoms with Crippen LogP contribution in [0.1, 0.15) is 18.4 Å². The van der Waals surface area contributed by atoms with Crippen molar-refractivity contribution in [3.05, 3.63) is 29.8 Å². The van der Waals surface area contributed by atoms with Crippen molar-refractivity contribution in [1.82, 2.24) is 15.3 Å². The zero-order chi connectivity index (χ0) is 17.0. The Morgan fingerprint density at radius 2 is 2.22 bits per heavy atom. The number of para-hydroxylation sites is 1. The van der Waals surface area contributed by atoms with E-state index in [9.17, 15) is 18.7 Å². The lowest BCUT2D eigenvalue weighted by atomic mass is 9.99. The number of urea groups is 1. The zero-order valence-electron chi connectivity index (χ0n) is 13.0. The van der Waals surface area contributed by atoms with E-state index in [4.69, 9.17) is 5.73 Å². The van der Waals surface area contributed by atoms with Gasteiger partial charge in [-0.1, -0.05) is 12.1 Å². The normalized spacial score (nSPS) is 19.7. The maximum atomic E-state index is 14.7. The van der Waals surface area contributed by atoms with Gasteiger partial charge in [0.05, 0.1) is 5.56 Å². The molecule has 4 N–H and O–H groups in total. The smallest absolute Gasteiger partial charge is 0.347 e. The van der Waals surface area contributed by atoms with Crippen LogP contribution in [0.25, 0.3) is 0 Å². The minimum absolute atomic E-state index is 0.0545. The van der Waals surface area contributed by atoms with Crippen LogP contribution in [-0.2, 0) is 6.05 Å². The second kappa shape index (κ2) is 7.10. The number of phenols is 1. The maximum absolute atomic E-state index is 14.7. The number of hydrogen-bond donors (Lipinski definition) is 3. The van der Waals surface area contributed by atoms with Gasteiger partial charge < -0.3 is 16.2 Å². The predicted molar refractivity (Wildman–Crippen MR) is 81.6 cm³/mol. The van der Waals surface area contributed by atoms with E-state index in [1.165, 1.54) is 31.3 Å². The first-order valence-corrected chi connectivity index (χ1v) is 7.50. The molecular formula is C15H22F2N4O2. The van der Waals surface area contributed by atoms with Gasteiger partial charge in [0.25, 0.3) is 0 Å². The summed E-state index contributed by atoms with van der Waals surface area (Å²) in [4.78, 5) is 10.8. The number of nitrogens with two attached hydrogens (primary N) is 1. The fraction of sp³-hybridized carbons (Fsp3) is 0.533. The number of carbonyl (C=O) groups is 1. The largest absolute Gasteiger partial charge is 0.507 e. The maximum Gasteiger partial charge on any atom is 0.347 e. The van der Waals surface area contributed by atoms with Gasteiger partial charge in [0, 0.05) is 26.7 Å². The summed E-state index contributed by atoms with van der Waals surface area (Å²) in [5.74, 6) is -0.382. The standard InChI is InChI=1S/C15H22F2N4O2/c1-20(15(16,17)12-6-2-3-7-13(12)22)21-8-4-5-11(10-21)9-19-14(18)23/h2-3,6-7,11,22H,4-5,8-10H2,1H3,(H3,18,19,23). The molecule has 2 amide bonds. The number of hydrazine groups is 1. The molecule has 1 aromatic rings.